The van der Waals surface area contributed by atoms with Gasteiger partial charge < -0.3 is 4.90 Å². The van der Waals surface area contributed by atoms with E-state index in [2.05, 4.69) is 4.90 Å². The number of sulfone groups is 2. The van der Waals surface area contributed by atoms with Crippen LogP contribution in [0, 0.1) is 0 Å². The smallest absolute Gasteiger partial charge is 0.183 e. The van der Waals surface area contributed by atoms with E-state index in [1.165, 1.54) is 0 Å². The first-order chi connectivity index (χ1) is 11.7. The van der Waals surface area contributed by atoms with Crippen molar-refractivity contribution in [3.05, 3.63) is 29.8 Å². The first-order valence-corrected chi connectivity index (χ1v) is 12.1. The third-order valence-electron chi connectivity index (χ3n) is 5.34. The van der Waals surface area contributed by atoms with Crippen molar-refractivity contribution >= 4 is 19.7 Å². The van der Waals surface area contributed by atoms with Gasteiger partial charge in [0, 0.05) is 32.2 Å². The van der Waals surface area contributed by atoms with Crippen molar-refractivity contribution in [2.75, 3.05) is 44.7 Å². The van der Waals surface area contributed by atoms with Crippen molar-refractivity contribution in [2.45, 2.75) is 29.5 Å². The van der Waals surface area contributed by atoms with Crippen LogP contribution in [-0.4, -0.2) is 82.7 Å². The predicted molar refractivity (Wildman–Crippen MR) is 98.3 cm³/mol. The van der Waals surface area contributed by atoms with Crippen molar-refractivity contribution in [1.29, 1.82) is 0 Å². The van der Waals surface area contributed by atoms with Crippen LogP contribution in [0.4, 0.5) is 0 Å². The molecule has 0 spiro atoms. The molecule has 2 aliphatic heterocycles. The maximum atomic E-state index is 13.1. The lowest BCUT2D eigenvalue weighted by Crippen LogP contribution is -2.54. The summed E-state index contributed by atoms with van der Waals surface area (Å²) in [5, 5.41) is -0.881. The number of nitrogens with zero attached hydrogens (tertiary/aromatic N) is 2. The summed E-state index contributed by atoms with van der Waals surface area (Å²) in [5.74, 6) is -0.338. The summed E-state index contributed by atoms with van der Waals surface area (Å²) in [7, 11) is -5.01. The molecule has 25 heavy (non-hydrogen) atoms. The Bertz CT molecular complexity index is 811. The van der Waals surface area contributed by atoms with Crippen LogP contribution in [0.1, 0.15) is 12.5 Å². The van der Waals surface area contributed by atoms with E-state index in [1.54, 1.807) is 24.3 Å². The number of aryl methyl sites for hydroxylation is 1. The SMILES string of the molecule is CCc1ccc(S(=O)(=O)C2CS(=O)(=O)CC2N2CCN(C)CC2)cc1. The maximum Gasteiger partial charge on any atom is 0.183 e. The quantitative estimate of drug-likeness (QED) is 0.747. The minimum atomic E-state index is -3.68. The van der Waals surface area contributed by atoms with Gasteiger partial charge in [0.1, 0.15) is 0 Å². The van der Waals surface area contributed by atoms with Gasteiger partial charge in [0.2, 0.25) is 0 Å². The standard InChI is InChI=1S/C17H26N2O4S2/c1-3-14-4-6-15(7-5-14)25(22,23)17-13-24(20,21)12-16(17)19-10-8-18(2)9-11-19/h4-7,16-17H,3,8-13H2,1-2H3. The minimum Gasteiger partial charge on any atom is -0.304 e. The number of likely N-dealkylation sites (N-methyl/N-ethyl adjacent to an activating group) is 1. The molecule has 2 heterocycles. The Balaban J connectivity index is 1.91. The Morgan fingerprint density at radius 3 is 2.20 bits per heavy atom. The van der Waals surface area contributed by atoms with Gasteiger partial charge in [0.25, 0.3) is 0 Å². The molecule has 0 N–H and O–H groups in total. The zero-order chi connectivity index (χ0) is 18.2. The van der Waals surface area contributed by atoms with Gasteiger partial charge in [-0.3, -0.25) is 4.90 Å². The highest BCUT2D eigenvalue weighted by atomic mass is 32.2. The van der Waals surface area contributed by atoms with E-state index in [9.17, 15) is 16.8 Å². The van der Waals surface area contributed by atoms with E-state index >= 15 is 0 Å². The predicted octanol–water partition coefficient (Wildman–Crippen LogP) is 0.436. The Labute approximate surface area is 150 Å². The van der Waals surface area contributed by atoms with Crippen LogP contribution in [0.5, 0.6) is 0 Å². The van der Waals surface area contributed by atoms with Gasteiger partial charge in [0.15, 0.2) is 19.7 Å². The van der Waals surface area contributed by atoms with Gasteiger partial charge in [-0.05, 0) is 31.2 Å². The number of piperazine rings is 1. The molecule has 140 valence electrons. The van der Waals surface area contributed by atoms with Crippen molar-refractivity contribution in [3.63, 3.8) is 0 Å². The minimum absolute atomic E-state index is 0.0619. The summed E-state index contributed by atoms with van der Waals surface area (Å²) >= 11 is 0. The Morgan fingerprint density at radius 1 is 1.04 bits per heavy atom. The molecule has 0 radical (unpaired) electrons. The van der Waals surface area contributed by atoms with E-state index < -0.39 is 31.0 Å². The molecule has 0 bridgehead atoms. The molecule has 1 aromatic rings. The average Bonchev–Trinajstić information content (AvgIpc) is 2.92. The molecule has 0 amide bonds. The van der Waals surface area contributed by atoms with Crippen LogP contribution in [0.15, 0.2) is 29.2 Å². The monoisotopic (exact) mass is 386 g/mol. The van der Waals surface area contributed by atoms with Gasteiger partial charge in [-0.15, -0.1) is 0 Å². The van der Waals surface area contributed by atoms with Gasteiger partial charge in [-0.25, -0.2) is 16.8 Å². The number of benzene rings is 1. The lowest BCUT2D eigenvalue weighted by Gasteiger charge is -2.37. The fourth-order valence-electron chi connectivity index (χ4n) is 3.68. The van der Waals surface area contributed by atoms with Crippen LogP contribution < -0.4 is 0 Å². The Morgan fingerprint density at radius 2 is 1.64 bits per heavy atom. The summed E-state index contributed by atoms with van der Waals surface area (Å²) in [6, 6.07) is 6.39. The molecule has 2 atom stereocenters. The van der Waals surface area contributed by atoms with Crippen molar-refractivity contribution in [3.8, 4) is 0 Å². The lowest BCUT2D eigenvalue weighted by molar-refractivity contribution is 0.122. The number of rotatable bonds is 4. The fraction of sp³-hybridized carbons (Fsp3) is 0.647. The second-order valence-electron chi connectivity index (χ2n) is 7.06. The highest BCUT2D eigenvalue weighted by molar-refractivity contribution is 7.96. The first kappa shape index (κ1) is 18.8. The molecular weight excluding hydrogens is 360 g/mol. The molecule has 8 heteroatoms. The van der Waals surface area contributed by atoms with Gasteiger partial charge in [-0.1, -0.05) is 19.1 Å². The van der Waals surface area contributed by atoms with Crippen LogP contribution in [-0.2, 0) is 26.1 Å². The molecule has 2 unspecified atom stereocenters. The fourth-order valence-corrected chi connectivity index (χ4v) is 8.51. The summed E-state index contributed by atoms with van der Waals surface area (Å²) in [6.07, 6.45) is 0.835. The Hall–Kier alpha value is -0.960. The molecule has 2 fully saturated rings. The van der Waals surface area contributed by atoms with Gasteiger partial charge in [0.05, 0.1) is 21.7 Å². The maximum absolute atomic E-state index is 13.1. The molecule has 2 saturated heterocycles. The normalized spacial score (nSPS) is 28.2. The van der Waals surface area contributed by atoms with E-state index in [0.717, 1.165) is 25.1 Å². The van der Waals surface area contributed by atoms with Gasteiger partial charge in [-0.2, -0.15) is 0 Å². The molecule has 0 aromatic heterocycles. The van der Waals surface area contributed by atoms with E-state index in [4.69, 9.17) is 0 Å². The Kier molecular flexibility index (Phi) is 5.26. The zero-order valence-corrected chi connectivity index (χ0v) is 16.4. The van der Waals surface area contributed by atoms with E-state index in [-0.39, 0.29) is 16.4 Å². The first-order valence-electron chi connectivity index (χ1n) is 8.69. The van der Waals surface area contributed by atoms with Gasteiger partial charge >= 0.3 is 0 Å². The lowest BCUT2D eigenvalue weighted by atomic mass is 10.2. The molecular formula is C17H26N2O4S2. The second-order valence-corrected chi connectivity index (χ2v) is 11.4. The van der Waals surface area contributed by atoms with Crippen molar-refractivity contribution < 1.29 is 16.8 Å². The van der Waals surface area contributed by atoms with Crippen LogP contribution in [0.25, 0.3) is 0 Å². The molecule has 6 nitrogen and oxygen atoms in total. The summed E-state index contributed by atoms with van der Waals surface area (Å²) in [6.45, 7) is 5.08. The molecule has 3 rings (SSSR count). The average molecular weight is 387 g/mol. The summed E-state index contributed by atoms with van der Waals surface area (Å²) in [5.41, 5.74) is 1.06. The molecule has 0 aliphatic carbocycles. The van der Waals surface area contributed by atoms with E-state index in [0.29, 0.717) is 13.1 Å². The third-order valence-corrected chi connectivity index (χ3v) is 9.47. The van der Waals surface area contributed by atoms with Crippen LogP contribution in [0.2, 0.25) is 0 Å². The number of hydrogen-bond donors (Lipinski definition) is 0. The van der Waals surface area contributed by atoms with Crippen LogP contribution >= 0.6 is 0 Å². The zero-order valence-electron chi connectivity index (χ0n) is 14.8. The second kappa shape index (κ2) is 6.98. The molecule has 0 saturated carbocycles. The van der Waals surface area contributed by atoms with Crippen molar-refractivity contribution in [1.82, 2.24) is 9.80 Å². The van der Waals surface area contributed by atoms with E-state index in [1.807, 2.05) is 18.9 Å². The summed E-state index contributed by atoms with van der Waals surface area (Å²) < 4.78 is 50.7. The van der Waals surface area contributed by atoms with Crippen molar-refractivity contribution in [2.24, 2.45) is 0 Å². The molecule has 1 aromatic carbocycles. The highest BCUT2D eigenvalue weighted by Crippen LogP contribution is 2.29. The van der Waals surface area contributed by atoms with Crippen LogP contribution in [0.3, 0.4) is 0 Å². The highest BCUT2D eigenvalue weighted by Gasteiger charge is 2.48. The summed E-state index contributed by atoms with van der Waals surface area (Å²) in [4.78, 5) is 4.45. The molecule has 2 aliphatic rings. The largest absolute Gasteiger partial charge is 0.304 e. The topological polar surface area (TPSA) is 74.8 Å². The number of hydrogen-bond acceptors (Lipinski definition) is 6. The third kappa shape index (κ3) is 3.92.